The predicted molar refractivity (Wildman–Crippen MR) is 114 cm³/mol. The Kier molecular flexibility index (Phi) is 5.73. The number of hydrogen-bond acceptors (Lipinski definition) is 5. The van der Waals surface area contributed by atoms with Gasteiger partial charge in [-0.2, -0.15) is 18.4 Å². The number of nitrogens with one attached hydrogen (secondary N) is 1. The number of nitro benzene ring substituents is 1. The van der Waals surface area contributed by atoms with Crippen molar-refractivity contribution in [3.05, 3.63) is 93.5 Å². The molecule has 34 heavy (non-hydrogen) atoms. The zero-order chi connectivity index (χ0) is 24.5. The smallest absolute Gasteiger partial charge is 0.416 e. The average molecular weight is 468 g/mol. The van der Waals surface area contributed by atoms with E-state index in [1.165, 1.54) is 36.4 Å². The largest absolute Gasteiger partial charge is 0.450 e. The Hall–Kier alpha value is -4.72. The van der Waals surface area contributed by atoms with Crippen molar-refractivity contribution < 1.29 is 27.2 Å². The van der Waals surface area contributed by atoms with Crippen LogP contribution in [0.25, 0.3) is 22.7 Å². The van der Waals surface area contributed by atoms with Gasteiger partial charge in [0.05, 0.1) is 27.1 Å². The Balaban J connectivity index is 1.59. The summed E-state index contributed by atoms with van der Waals surface area (Å²) in [4.78, 5) is 17.4. The quantitative estimate of drug-likeness (QED) is 0.156. The fourth-order valence-electron chi connectivity index (χ4n) is 3.11. The predicted octanol–water partition coefficient (Wildman–Crippen LogP) is 6.49. The molecule has 0 saturated carbocycles. The highest BCUT2D eigenvalue weighted by molar-refractivity contribution is 5.90. The van der Waals surface area contributed by atoms with E-state index in [1.807, 2.05) is 6.07 Å². The number of aromatic amines is 1. The van der Waals surface area contributed by atoms with Crippen molar-refractivity contribution in [2.75, 3.05) is 0 Å². The molecule has 0 aliphatic rings. The monoisotopic (exact) mass is 468 g/mol. The molecule has 0 bridgehead atoms. The summed E-state index contributed by atoms with van der Waals surface area (Å²) >= 11 is 0. The van der Waals surface area contributed by atoms with Gasteiger partial charge in [0.15, 0.2) is 0 Å². The van der Waals surface area contributed by atoms with Gasteiger partial charge >= 0.3 is 11.9 Å². The number of allylic oxidation sites excluding steroid dienone is 1. The molecule has 1 heterocycles. The van der Waals surface area contributed by atoms with E-state index in [1.54, 1.807) is 12.1 Å². The van der Waals surface area contributed by atoms with Crippen molar-refractivity contribution in [2.24, 2.45) is 0 Å². The highest BCUT2D eigenvalue weighted by Gasteiger charge is 2.33. The molecule has 0 saturated heterocycles. The number of alkyl halides is 3. The number of nitro groups is 1. The lowest BCUT2D eigenvalue weighted by atomic mass is 10.1. The summed E-state index contributed by atoms with van der Waals surface area (Å²) in [5.74, 6) is -0.427. The summed E-state index contributed by atoms with van der Waals surface area (Å²) in [6, 6.07) is 14.0. The van der Waals surface area contributed by atoms with Crippen LogP contribution >= 0.6 is 0 Å². The number of rotatable bonds is 5. The van der Waals surface area contributed by atoms with Crippen LogP contribution in [0.1, 0.15) is 17.0 Å². The highest BCUT2D eigenvalue weighted by Crippen LogP contribution is 2.38. The Bertz CT molecular complexity index is 1470. The van der Waals surface area contributed by atoms with E-state index >= 15 is 0 Å². The number of hydrogen-bond donors (Lipinski definition) is 1. The fraction of sp³-hybridized carbons (Fsp3) is 0.0435. The van der Waals surface area contributed by atoms with Crippen LogP contribution in [-0.4, -0.2) is 14.9 Å². The first-order chi connectivity index (χ1) is 16.1. The number of aromatic nitrogens is 2. The molecule has 0 amide bonds. The van der Waals surface area contributed by atoms with E-state index in [4.69, 9.17) is 4.74 Å². The molecule has 11 heteroatoms. The van der Waals surface area contributed by atoms with Crippen LogP contribution in [0, 0.1) is 27.3 Å². The van der Waals surface area contributed by atoms with Crippen molar-refractivity contribution in [1.82, 2.24) is 9.97 Å². The van der Waals surface area contributed by atoms with Crippen molar-refractivity contribution in [3.63, 3.8) is 0 Å². The maximum absolute atomic E-state index is 13.4. The molecule has 0 atom stereocenters. The van der Waals surface area contributed by atoms with Gasteiger partial charge in [0.25, 0.3) is 0 Å². The fourth-order valence-corrected chi connectivity index (χ4v) is 3.11. The second-order valence-corrected chi connectivity index (χ2v) is 7.03. The third-order valence-electron chi connectivity index (χ3n) is 4.72. The average Bonchev–Trinajstić information content (AvgIpc) is 3.20. The molecule has 0 aliphatic heterocycles. The van der Waals surface area contributed by atoms with Gasteiger partial charge in [0.1, 0.15) is 23.5 Å². The molecule has 1 N–H and O–H groups in total. The molecule has 0 fully saturated rings. The molecular weight excluding hydrogens is 456 g/mol. The molecule has 4 aromatic rings. The number of nitriles is 1. The van der Waals surface area contributed by atoms with Gasteiger partial charge in [-0.05, 0) is 54.1 Å². The molecular formula is C23H12F4N4O3. The Morgan fingerprint density at radius 3 is 2.50 bits per heavy atom. The molecule has 0 spiro atoms. The molecule has 4 rings (SSSR count). The number of fused-ring (bicyclic) bond motifs is 1. The van der Waals surface area contributed by atoms with Gasteiger partial charge in [0, 0.05) is 6.07 Å². The maximum atomic E-state index is 13.4. The molecule has 0 radical (unpaired) electrons. The Labute approximate surface area is 188 Å². The molecule has 7 nitrogen and oxygen atoms in total. The standard InChI is InChI=1S/C23H12F4N4O3/c24-16-4-7-18-19(11-16)30-22(29-18)14(12-28)9-13-1-5-17(6-2-13)34-21-8-3-15(23(25,26)27)10-20(21)31(32)33/h1-11H,(H,29,30)/b14-9-. The van der Waals surface area contributed by atoms with Crippen molar-refractivity contribution in [3.8, 4) is 17.6 Å². The number of benzene rings is 3. The van der Waals surface area contributed by atoms with E-state index in [9.17, 15) is 32.9 Å². The second-order valence-electron chi connectivity index (χ2n) is 7.03. The Morgan fingerprint density at radius 2 is 1.85 bits per heavy atom. The zero-order valence-electron chi connectivity index (χ0n) is 16.9. The summed E-state index contributed by atoms with van der Waals surface area (Å²) < 4.78 is 57.4. The topological polar surface area (TPSA) is 105 Å². The molecule has 3 aromatic carbocycles. The van der Waals surface area contributed by atoms with E-state index in [0.717, 1.165) is 6.07 Å². The molecule has 0 aliphatic carbocycles. The summed E-state index contributed by atoms with van der Waals surface area (Å²) in [6.07, 6.45) is -3.22. The zero-order valence-corrected chi connectivity index (χ0v) is 16.9. The number of nitrogens with zero attached hydrogens (tertiary/aromatic N) is 3. The lowest BCUT2D eigenvalue weighted by molar-refractivity contribution is -0.385. The molecule has 1 aromatic heterocycles. The number of H-pyrrole nitrogens is 1. The van der Waals surface area contributed by atoms with Gasteiger partial charge in [-0.15, -0.1) is 0 Å². The van der Waals surface area contributed by atoms with Crippen molar-refractivity contribution in [2.45, 2.75) is 6.18 Å². The number of halogens is 4. The number of imidazole rings is 1. The van der Waals surface area contributed by atoms with E-state index in [0.29, 0.717) is 28.7 Å². The van der Waals surface area contributed by atoms with E-state index in [-0.39, 0.29) is 22.9 Å². The van der Waals surface area contributed by atoms with Crippen LogP contribution in [0.3, 0.4) is 0 Å². The van der Waals surface area contributed by atoms with Crippen LogP contribution in [0.15, 0.2) is 60.7 Å². The summed E-state index contributed by atoms with van der Waals surface area (Å²) in [5, 5.41) is 20.7. The summed E-state index contributed by atoms with van der Waals surface area (Å²) in [5.41, 5.74) is -0.352. The second kappa shape index (κ2) is 8.67. The van der Waals surface area contributed by atoms with Gasteiger partial charge in [0.2, 0.25) is 5.75 Å². The van der Waals surface area contributed by atoms with Crippen LogP contribution < -0.4 is 4.74 Å². The SMILES string of the molecule is N#C/C(=C/c1ccc(Oc2ccc(C(F)(F)F)cc2[N+](=O)[O-])cc1)c1nc2ccc(F)cc2[nH]1. The van der Waals surface area contributed by atoms with Gasteiger partial charge < -0.3 is 9.72 Å². The maximum Gasteiger partial charge on any atom is 0.416 e. The minimum atomic E-state index is -4.73. The van der Waals surface area contributed by atoms with Crippen LogP contribution in [0.2, 0.25) is 0 Å². The summed E-state index contributed by atoms with van der Waals surface area (Å²) in [7, 11) is 0. The van der Waals surface area contributed by atoms with Crippen LogP contribution in [0.4, 0.5) is 23.2 Å². The molecule has 0 unspecified atom stereocenters. The van der Waals surface area contributed by atoms with Crippen molar-refractivity contribution >= 4 is 28.4 Å². The highest BCUT2D eigenvalue weighted by atomic mass is 19.4. The lowest BCUT2D eigenvalue weighted by Gasteiger charge is -2.10. The van der Waals surface area contributed by atoms with E-state index < -0.39 is 28.2 Å². The first-order valence-electron chi connectivity index (χ1n) is 9.55. The van der Waals surface area contributed by atoms with Crippen LogP contribution in [-0.2, 0) is 6.18 Å². The first-order valence-corrected chi connectivity index (χ1v) is 9.55. The van der Waals surface area contributed by atoms with Gasteiger partial charge in [-0.3, -0.25) is 10.1 Å². The summed E-state index contributed by atoms with van der Waals surface area (Å²) in [6.45, 7) is 0. The van der Waals surface area contributed by atoms with Gasteiger partial charge in [-0.25, -0.2) is 9.37 Å². The number of ether oxygens (including phenoxy) is 1. The first kappa shape index (κ1) is 22.5. The van der Waals surface area contributed by atoms with E-state index in [2.05, 4.69) is 9.97 Å². The lowest BCUT2D eigenvalue weighted by Crippen LogP contribution is -2.06. The normalized spacial score (nSPS) is 11.9. The molecule has 170 valence electrons. The Morgan fingerprint density at radius 1 is 1.12 bits per heavy atom. The third-order valence-corrected chi connectivity index (χ3v) is 4.72. The van der Waals surface area contributed by atoms with Crippen molar-refractivity contribution in [1.29, 1.82) is 5.26 Å². The van der Waals surface area contributed by atoms with Crippen LogP contribution in [0.5, 0.6) is 11.5 Å². The third kappa shape index (κ3) is 4.71. The minimum absolute atomic E-state index is 0.137. The van der Waals surface area contributed by atoms with Gasteiger partial charge in [-0.1, -0.05) is 12.1 Å². The minimum Gasteiger partial charge on any atom is -0.450 e.